The average Bonchev–Trinajstić information content (AvgIpc) is 2.21. The Balaban J connectivity index is 0.000000252. The zero-order chi connectivity index (χ0) is 9.94. The average molecular weight is 179 g/mol. The van der Waals surface area contributed by atoms with E-state index in [4.69, 9.17) is 0 Å². The van der Waals surface area contributed by atoms with Crippen molar-refractivity contribution < 1.29 is 0 Å². The summed E-state index contributed by atoms with van der Waals surface area (Å²) in [4.78, 5) is 3.96. The molecule has 74 valence electrons. The van der Waals surface area contributed by atoms with Crippen molar-refractivity contribution in [2.24, 2.45) is 0 Å². The van der Waals surface area contributed by atoms with Gasteiger partial charge in [-0.05, 0) is 18.1 Å². The third-order valence-electron chi connectivity index (χ3n) is 1.84. The molecule has 0 bridgehead atoms. The molecule has 1 aromatic heterocycles. The van der Waals surface area contributed by atoms with Crippen molar-refractivity contribution in [2.75, 3.05) is 0 Å². The van der Waals surface area contributed by atoms with Gasteiger partial charge in [0.25, 0.3) is 0 Å². The van der Waals surface area contributed by atoms with Gasteiger partial charge in [0.15, 0.2) is 0 Å². The van der Waals surface area contributed by atoms with Crippen molar-refractivity contribution in [1.29, 1.82) is 0 Å². The SMILES string of the molecule is CCCCC.CCc1cccnc1. The molecule has 1 aromatic rings. The van der Waals surface area contributed by atoms with Crippen LogP contribution >= 0.6 is 0 Å². The van der Waals surface area contributed by atoms with E-state index in [9.17, 15) is 0 Å². The van der Waals surface area contributed by atoms with Crippen LogP contribution in [0.2, 0.25) is 0 Å². The molecule has 0 radical (unpaired) electrons. The highest BCUT2D eigenvalue weighted by atomic mass is 14.6. The monoisotopic (exact) mass is 179 g/mol. The van der Waals surface area contributed by atoms with Crippen LogP contribution < -0.4 is 0 Å². The van der Waals surface area contributed by atoms with Crippen molar-refractivity contribution in [3.05, 3.63) is 30.1 Å². The van der Waals surface area contributed by atoms with E-state index in [1.807, 2.05) is 12.3 Å². The molecule has 1 heterocycles. The molecular formula is C12H21N. The lowest BCUT2D eigenvalue weighted by atomic mass is 10.2. The first-order valence-electron chi connectivity index (χ1n) is 5.24. The van der Waals surface area contributed by atoms with Gasteiger partial charge in [-0.3, -0.25) is 4.98 Å². The highest BCUT2D eigenvalue weighted by Gasteiger charge is 1.81. The summed E-state index contributed by atoms with van der Waals surface area (Å²) in [6.07, 6.45) is 8.83. The van der Waals surface area contributed by atoms with Gasteiger partial charge in [0.2, 0.25) is 0 Å². The van der Waals surface area contributed by atoms with Gasteiger partial charge in [0.1, 0.15) is 0 Å². The topological polar surface area (TPSA) is 12.9 Å². The maximum absolute atomic E-state index is 3.96. The standard InChI is InChI=1S/C7H9N.C5H12/c1-2-7-4-3-5-8-6-7;1-3-5-4-2/h3-6H,2H2,1H3;3-5H2,1-2H3. The number of unbranched alkanes of at least 4 members (excludes halogenated alkanes) is 2. The molecule has 0 fully saturated rings. The molecule has 1 nitrogen and oxygen atoms in total. The van der Waals surface area contributed by atoms with Crippen LogP contribution in [0.3, 0.4) is 0 Å². The summed E-state index contributed by atoms with van der Waals surface area (Å²) in [6, 6.07) is 4.03. The molecule has 0 amide bonds. The first kappa shape index (κ1) is 12.2. The van der Waals surface area contributed by atoms with E-state index in [-0.39, 0.29) is 0 Å². The van der Waals surface area contributed by atoms with E-state index in [0.717, 1.165) is 6.42 Å². The lowest BCUT2D eigenvalue weighted by Gasteiger charge is -1.88. The maximum atomic E-state index is 3.96. The van der Waals surface area contributed by atoms with Crippen molar-refractivity contribution >= 4 is 0 Å². The Hall–Kier alpha value is -0.850. The third-order valence-corrected chi connectivity index (χ3v) is 1.84. The number of hydrogen-bond acceptors (Lipinski definition) is 1. The number of nitrogens with zero attached hydrogens (tertiary/aromatic N) is 1. The minimum absolute atomic E-state index is 1.08. The zero-order valence-electron chi connectivity index (χ0n) is 9.09. The second-order valence-electron chi connectivity index (χ2n) is 3.07. The number of pyridine rings is 1. The van der Waals surface area contributed by atoms with E-state index < -0.39 is 0 Å². The van der Waals surface area contributed by atoms with Gasteiger partial charge in [-0.2, -0.15) is 0 Å². The first-order chi connectivity index (χ1) is 6.35. The Morgan fingerprint density at radius 2 is 1.85 bits per heavy atom. The molecule has 0 aliphatic carbocycles. The van der Waals surface area contributed by atoms with E-state index in [1.165, 1.54) is 24.8 Å². The summed E-state index contributed by atoms with van der Waals surface area (Å²) < 4.78 is 0. The first-order valence-corrected chi connectivity index (χ1v) is 5.24. The molecule has 0 atom stereocenters. The molecule has 1 rings (SSSR count). The normalized spacial score (nSPS) is 8.85. The maximum Gasteiger partial charge on any atom is 0.0299 e. The quantitative estimate of drug-likeness (QED) is 0.687. The molecular weight excluding hydrogens is 158 g/mol. The fraction of sp³-hybridized carbons (Fsp3) is 0.583. The second-order valence-corrected chi connectivity index (χ2v) is 3.07. The van der Waals surface area contributed by atoms with Gasteiger partial charge in [0, 0.05) is 12.4 Å². The summed E-state index contributed by atoms with van der Waals surface area (Å²) >= 11 is 0. The minimum Gasteiger partial charge on any atom is -0.264 e. The number of hydrogen-bond donors (Lipinski definition) is 0. The molecule has 0 unspecified atom stereocenters. The number of rotatable bonds is 3. The van der Waals surface area contributed by atoms with Gasteiger partial charge in [-0.1, -0.05) is 46.1 Å². The minimum atomic E-state index is 1.08. The van der Waals surface area contributed by atoms with E-state index in [2.05, 4.69) is 31.8 Å². The van der Waals surface area contributed by atoms with Gasteiger partial charge in [0.05, 0.1) is 0 Å². The summed E-state index contributed by atoms with van der Waals surface area (Å²) in [6.45, 7) is 6.55. The molecule has 0 N–H and O–H groups in total. The Kier molecular flexibility index (Phi) is 8.64. The van der Waals surface area contributed by atoms with Crippen LogP contribution in [0.1, 0.15) is 45.6 Å². The molecule has 0 saturated heterocycles. The predicted molar refractivity (Wildman–Crippen MR) is 58.8 cm³/mol. The van der Waals surface area contributed by atoms with Gasteiger partial charge < -0.3 is 0 Å². The number of aromatic nitrogens is 1. The summed E-state index contributed by atoms with van der Waals surface area (Å²) in [7, 11) is 0. The Bertz CT molecular complexity index is 180. The smallest absolute Gasteiger partial charge is 0.0299 e. The van der Waals surface area contributed by atoms with Crippen molar-refractivity contribution in [2.45, 2.75) is 46.5 Å². The Morgan fingerprint density at radius 3 is 2.08 bits per heavy atom. The second kappa shape index (κ2) is 9.24. The van der Waals surface area contributed by atoms with Crippen molar-refractivity contribution in [1.82, 2.24) is 4.98 Å². The highest BCUT2D eigenvalue weighted by molar-refractivity contribution is 5.07. The van der Waals surface area contributed by atoms with Crippen LogP contribution in [0.5, 0.6) is 0 Å². The molecule has 0 aromatic carbocycles. The third kappa shape index (κ3) is 7.51. The van der Waals surface area contributed by atoms with E-state index in [0.29, 0.717) is 0 Å². The van der Waals surface area contributed by atoms with Crippen LogP contribution in [-0.4, -0.2) is 4.98 Å². The predicted octanol–water partition coefficient (Wildman–Crippen LogP) is 3.84. The largest absolute Gasteiger partial charge is 0.264 e. The van der Waals surface area contributed by atoms with Crippen LogP contribution in [0.15, 0.2) is 24.5 Å². The van der Waals surface area contributed by atoms with Crippen LogP contribution in [0, 0.1) is 0 Å². The lowest BCUT2D eigenvalue weighted by Crippen LogP contribution is -1.77. The van der Waals surface area contributed by atoms with E-state index in [1.54, 1.807) is 6.20 Å². The van der Waals surface area contributed by atoms with Crippen LogP contribution in [0.25, 0.3) is 0 Å². The molecule has 0 aliphatic rings. The van der Waals surface area contributed by atoms with Crippen LogP contribution in [-0.2, 0) is 6.42 Å². The molecule has 0 aliphatic heterocycles. The molecule has 1 heteroatoms. The van der Waals surface area contributed by atoms with Gasteiger partial charge >= 0.3 is 0 Å². The number of aryl methyl sites for hydroxylation is 1. The van der Waals surface area contributed by atoms with Crippen LogP contribution in [0.4, 0.5) is 0 Å². The van der Waals surface area contributed by atoms with Crippen molar-refractivity contribution in [3.8, 4) is 0 Å². The Morgan fingerprint density at radius 1 is 1.15 bits per heavy atom. The summed E-state index contributed by atoms with van der Waals surface area (Å²) in [5.41, 5.74) is 1.30. The summed E-state index contributed by atoms with van der Waals surface area (Å²) in [5.74, 6) is 0. The molecule has 0 saturated carbocycles. The van der Waals surface area contributed by atoms with E-state index >= 15 is 0 Å². The highest BCUT2D eigenvalue weighted by Crippen LogP contribution is 1.93. The molecule has 0 spiro atoms. The van der Waals surface area contributed by atoms with Gasteiger partial charge in [-0.15, -0.1) is 0 Å². The fourth-order valence-corrected chi connectivity index (χ4v) is 0.961. The lowest BCUT2D eigenvalue weighted by molar-refractivity contribution is 0.772. The zero-order valence-corrected chi connectivity index (χ0v) is 9.09. The van der Waals surface area contributed by atoms with Crippen molar-refractivity contribution in [3.63, 3.8) is 0 Å². The summed E-state index contributed by atoms with van der Waals surface area (Å²) in [5, 5.41) is 0. The van der Waals surface area contributed by atoms with Gasteiger partial charge in [-0.25, -0.2) is 0 Å². The fourth-order valence-electron chi connectivity index (χ4n) is 0.961. The Labute approximate surface area is 82.2 Å². The molecule has 13 heavy (non-hydrogen) atoms.